The Bertz CT molecular complexity index is 1260. The Hall–Kier alpha value is -2.83. The molecule has 0 spiro atoms. The normalized spacial score (nSPS) is 35.3. The fourth-order valence-electron chi connectivity index (χ4n) is 7.29. The summed E-state index contributed by atoms with van der Waals surface area (Å²) in [5.41, 5.74) is 0.412. The predicted molar refractivity (Wildman–Crippen MR) is 143 cm³/mol. The first-order valence-electron chi connectivity index (χ1n) is 14.6. The number of ether oxygens (including phenoxy) is 3. The van der Waals surface area contributed by atoms with Crippen LogP contribution < -0.4 is 5.32 Å². The predicted octanol–water partition coefficient (Wildman–Crippen LogP) is 0.997. The third-order valence-electron chi connectivity index (χ3n) is 9.45. The van der Waals surface area contributed by atoms with Crippen molar-refractivity contribution in [2.45, 2.75) is 74.9 Å². The number of nitrogens with one attached hydrogen (secondary N) is 1. The molecular weight excluding hydrogens is 530 g/mol. The number of likely N-dealkylation sites (N-methyl/N-ethyl adjacent to an activating group) is 1. The largest absolute Gasteiger partial charge is 0.458 e. The molecule has 0 radical (unpaired) electrons. The van der Waals surface area contributed by atoms with Crippen LogP contribution in [0.2, 0.25) is 0 Å². The van der Waals surface area contributed by atoms with Crippen LogP contribution in [0.5, 0.6) is 0 Å². The first kappa shape index (κ1) is 27.0. The highest BCUT2D eigenvalue weighted by atomic mass is 16.8. The van der Waals surface area contributed by atoms with Crippen LogP contribution in [-0.4, -0.2) is 96.3 Å². The first-order chi connectivity index (χ1) is 19.8. The number of aliphatic hydroxyl groups is 1. The minimum Gasteiger partial charge on any atom is -0.458 e. The fraction of sp³-hybridized carbons (Fsp3) is 0.633. The number of nitrogens with zero attached hydrogens (tertiary/aromatic N) is 2. The molecule has 3 heterocycles. The van der Waals surface area contributed by atoms with E-state index in [-0.39, 0.29) is 37.9 Å². The van der Waals surface area contributed by atoms with Crippen molar-refractivity contribution in [3.05, 3.63) is 41.5 Å². The van der Waals surface area contributed by atoms with Gasteiger partial charge in [0.15, 0.2) is 11.8 Å². The SMILES string of the molecule is CN(C)C(=O)C=Cc1cccc(CN2OC3C4OC(C5CC5)(C5CC5)OC4C4CC3(C(=O)NCCO)C2C(=O)O4)c1. The maximum Gasteiger partial charge on any atom is 0.327 e. The molecule has 11 heteroatoms. The van der Waals surface area contributed by atoms with Crippen LogP contribution in [0.15, 0.2) is 30.3 Å². The Kier molecular flexibility index (Phi) is 6.51. The number of rotatable bonds is 9. The fourth-order valence-corrected chi connectivity index (χ4v) is 7.29. The molecule has 3 saturated carbocycles. The van der Waals surface area contributed by atoms with Gasteiger partial charge >= 0.3 is 5.97 Å². The van der Waals surface area contributed by atoms with Gasteiger partial charge in [-0.05, 0) is 42.9 Å². The van der Waals surface area contributed by atoms with Crippen molar-refractivity contribution in [2.24, 2.45) is 17.3 Å². The zero-order chi connectivity index (χ0) is 28.5. The van der Waals surface area contributed by atoms with E-state index in [2.05, 4.69) is 5.32 Å². The van der Waals surface area contributed by atoms with Crippen molar-refractivity contribution in [2.75, 3.05) is 27.2 Å². The molecule has 6 aliphatic rings. The van der Waals surface area contributed by atoms with E-state index in [0.29, 0.717) is 11.8 Å². The zero-order valence-electron chi connectivity index (χ0n) is 23.4. The summed E-state index contributed by atoms with van der Waals surface area (Å²) < 4.78 is 19.6. The minimum atomic E-state index is -1.25. The smallest absolute Gasteiger partial charge is 0.327 e. The first-order valence-corrected chi connectivity index (χ1v) is 14.6. The van der Waals surface area contributed by atoms with Crippen LogP contribution in [0.4, 0.5) is 0 Å². The Labute approximate surface area is 238 Å². The third-order valence-corrected chi connectivity index (χ3v) is 9.45. The molecule has 41 heavy (non-hydrogen) atoms. The van der Waals surface area contributed by atoms with Crippen LogP contribution in [-0.2, 0) is 40.0 Å². The van der Waals surface area contributed by atoms with Crippen molar-refractivity contribution in [3.8, 4) is 0 Å². The lowest BCUT2D eigenvalue weighted by Gasteiger charge is -2.48. The monoisotopic (exact) mass is 567 g/mol. The number of benzene rings is 1. The van der Waals surface area contributed by atoms with Gasteiger partial charge in [0.1, 0.15) is 29.8 Å². The number of carbonyl (C=O) groups excluding carboxylic acids is 3. The number of hydrogen-bond donors (Lipinski definition) is 2. The van der Waals surface area contributed by atoms with Crippen LogP contribution in [0.25, 0.3) is 6.08 Å². The van der Waals surface area contributed by atoms with E-state index >= 15 is 0 Å². The summed E-state index contributed by atoms with van der Waals surface area (Å²) in [5, 5.41) is 13.8. The zero-order valence-corrected chi connectivity index (χ0v) is 23.4. The van der Waals surface area contributed by atoms with E-state index in [9.17, 15) is 19.5 Å². The highest BCUT2D eigenvalue weighted by molar-refractivity contribution is 5.93. The Morgan fingerprint density at radius 1 is 1.15 bits per heavy atom. The lowest BCUT2D eigenvalue weighted by atomic mass is 9.62. The molecule has 6 atom stereocenters. The van der Waals surface area contributed by atoms with Crippen LogP contribution in [0, 0.1) is 17.3 Å². The van der Waals surface area contributed by atoms with E-state index in [4.69, 9.17) is 19.0 Å². The second-order valence-electron chi connectivity index (χ2n) is 12.4. The number of hydrogen-bond acceptors (Lipinski definition) is 9. The highest BCUT2D eigenvalue weighted by Gasteiger charge is 2.78. The van der Waals surface area contributed by atoms with Crippen molar-refractivity contribution in [1.82, 2.24) is 15.3 Å². The van der Waals surface area contributed by atoms with E-state index in [1.165, 1.54) is 11.0 Å². The van der Waals surface area contributed by atoms with Gasteiger partial charge in [0, 0.05) is 45.0 Å². The summed E-state index contributed by atoms with van der Waals surface area (Å²) in [7, 11) is 3.38. The molecule has 6 unspecified atom stereocenters. The second-order valence-corrected chi connectivity index (χ2v) is 12.4. The summed E-state index contributed by atoms with van der Waals surface area (Å²) in [5.74, 6) is -1.09. The molecular formula is C30H37N3O8. The maximum absolute atomic E-state index is 13.9. The number of esters is 1. The summed E-state index contributed by atoms with van der Waals surface area (Å²) in [6.45, 7) is 0.0671. The minimum absolute atomic E-state index is 0.0688. The van der Waals surface area contributed by atoms with E-state index in [0.717, 1.165) is 36.8 Å². The molecule has 1 aromatic rings. The van der Waals surface area contributed by atoms with Crippen molar-refractivity contribution >= 4 is 23.9 Å². The maximum atomic E-state index is 13.9. The Morgan fingerprint density at radius 3 is 2.56 bits per heavy atom. The van der Waals surface area contributed by atoms with Crippen LogP contribution in [0.3, 0.4) is 0 Å². The number of hydroxylamine groups is 2. The average molecular weight is 568 g/mol. The summed E-state index contributed by atoms with van der Waals surface area (Å²) in [6, 6.07) is 6.61. The van der Waals surface area contributed by atoms with Crippen molar-refractivity contribution < 1.29 is 38.5 Å². The van der Waals surface area contributed by atoms with Crippen LogP contribution >= 0.6 is 0 Å². The van der Waals surface area contributed by atoms with E-state index in [1.54, 1.807) is 25.2 Å². The van der Waals surface area contributed by atoms with Gasteiger partial charge in [-0.3, -0.25) is 19.2 Å². The number of fused-ring (bicyclic) bond motifs is 4. The number of aliphatic hydroxyl groups excluding tert-OH is 1. The third kappa shape index (κ3) is 4.32. The van der Waals surface area contributed by atoms with Gasteiger partial charge in [-0.15, -0.1) is 0 Å². The molecule has 2 amide bonds. The topological polar surface area (TPSA) is 127 Å². The van der Waals surface area contributed by atoms with Crippen molar-refractivity contribution in [1.29, 1.82) is 0 Å². The standard InChI is InChI=1S/C30H37N3O8/c1-32(2)22(35)11-6-17-4-3-5-18(14-17)16-33-25-27(36)38-21-15-29(25,28(37)31-12-13-34)26(41-33)24-23(21)39-30(40-24,19-7-8-19)20-9-10-20/h3-6,11,14,19-21,23-26,34H,7-10,12-13,15-16H2,1-2H3,(H,31,37). The van der Waals surface area contributed by atoms with Crippen LogP contribution in [0.1, 0.15) is 43.2 Å². The van der Waals surface area contributed by atoms with Gasteiger partial charge in [-0.1, -0.05) is 24.3 Å². The quantitative estimate of drug-likeness (QED) is 0.332. The number of carbonyl (C=O) groups is 3. The van der Waals surface area contributed by atoms with Gasteiger partial charge in [0.05, 0.1) is 13.2 Å². The molecule has 220 valence electrons. The van der Waals surface area contributed by atoms with Gasteiger partial charge in [0.25, 0.3) is 0 Å². The second kappa shape index (κ2) is 9.88. The average Bonchev–Trinajstić information content (AvgIpc) is 3.90. The molecule has 0 aromatic heterocycles. The lowest BCUT2D eigenvalue weighted by molar-refractivity contribution is -0.235. The molecule has 3 aliphatic heterocycles. The summed E-state index contributed by atoms with van der Waals surface area (Å²) in [6.07, 6.45) is 5.20. The summed E-state index contributed by atoms with van der Waals surface area (Å²) >= 11 is 0. The molecule has 3 aliphatic carbocycles. The van der Waals surface area contributed by atoms with E-state index < -0.39 is 47.6 Å². The lowest BCUT2D eigenvalue weighted by Crippen LogP contribution is -2.69. The van der Waals surface area contributed by atoms with Gasteiger partial charge < -0.3 is 29.5 Å². The van der Waals surface area contributed by atoms with Gasteiger partial charge in [0.2, 0.25) is 11.8 Å². The van der Waals surface area contributed by atoms with E-state index in [1.807, 2.05) is 24.3 Å². The Morgan fingerprint density at radius 2 is 1.88 bits per heavy atom. The van der Waals surface area contributed by atoms with Crippen molar-refractivity contribution in [3.63, 3.8) is 0 Å². The highest BCUT2D eigenvalue weighted by Crippen LogP contribution is 2.63. The number of amides is 2. The van der Waals surface area contributed by atoms with Gasteiger partial charge in [-0.2, -0.15) is 5.06 Å². The molecule has 1 aromatic carbocycles. The Balaban J connectivity index is 1.22. The molecule has 7 rings (SSSR count). The molecule has 3 saturated heterocycles. The molecule has 2 bridgehead atoms. The van der Waals surface area contributed by atoms with Gasteiger partial charge in [-0.25, -0.2) is 0 Å². The molecule has 6 fully saturated rings. The summed E-state index contributed by atoms with van der Waals surface area (Å²) in [4.78, 5) is 47.7. The molecule has 11 nitrogen and oxygen atoms in total. The molecule has 2 N–H and O–H groups in total.